The van der Waals surface area contributed by atoms with E-state index in [9.17, 15) is 0 Å². The molecule has 1 rings (SSSR count). The van der Waals surface area contributed by atoms with E-state index in [4.69, 9.17) is 9.47 Å². The predicted octanol–water partition coefficient (Wildman–Crippen LogP) is 1.71. The zero-order valence-corrected chi connectivity index (χ0v) is 7.15. The standard InChI is InChI=1S/C9H11NO2/c1-11-6-5-8-3-4-9(12-2)10-7-8/h3-7H,1-2H3/b6-5-. The van der Waals surface area contributed by atoms with Crippen LogP contribution in [-0.2, 0) is 4.74 Å². The van der Waals surface area contributed by atoms with Crippen molar-refractivity contribution in [2.75, 3.05) is 14.2 Å². The fraction of sp³-hybridized carbons (Fsp3) is 0.222. The zero-order chi connectivity index (χ0) is 8.81. The molecule has 0 fully saturated rings. The van der Waals surface area contributed by atoms with Gasteiger partial charge in [-0.3, -0.25) is 0 Å². The number of hydrogen-bond acceptors (Lipinski definition) is 3. The van der Waals surface area contributed by atoms with Gasteiger partial charge in [-0.15, -0.1) is 0 Å². The summed E-state index contributed by atoms with van der Waals surface area (Å²) < 4.78 is 9.67. The molecule has 0 aliphatic heterocycles. The minimum atomic E-state index is 0.615. The van der Waals surface area contributed by atoms with E-state index in [0.29, 0.717) is 5.88 Å². The van der Waals surface area contributed by atoms with Crippen LogP contribution in [0.5, 0.6) is 5.88 Å². The summed E-state index contributed by atoms with van der Waals surface area (Å²) >= 11 is 0. The van der Waals surface area contributed by atoms with E-state index in [-0.39, 0.29) is 0 Å². The van der Waals surface area contributed by atoms with Crippen LogP contribution in [0.1, 0.15) is 5.56 Å². The van der Waals surface area contributed by atoms with Crippen LogP contribution in [0.25, 0.3) is 6.08 Å². The maximum atomic E-state index is 4.91. The first-order chi connectivity index (χ1) is 5.86. The highest BCUT2D eigenvalue weighted by Crippen LogP contribution is 2.07. The highest BCUT2D eigenvalue weighted by molar-refractivity contribution is 5.46. The molecule has 0 aliphatic carbocycles. The van der Waals surface area contributed by atoms with Crippen molar-refractivity contribution in [3.8, 4) is 5.88 Å². The van der Waals surface area contributed by atoms with Gasteiger partial charge in [-0.05, 0) is 17.7 Å². The third-order valence-corrected chi connectivity index (χ3v) is 1.36. The van der Waals surface area contributed by atoms with Crippen molar-refractivity contribution in [3.05, 3.63) is 30.2 Å². The van der Waals surface area contributed by atoms with Gasteiger partial charge >= 0.3 is 0 Å². The van der Waals surface area contributed by atoms with Gasteiger partial charge in [-0.1, -0.05) is 0 Å². The predicted molar refractivity (Wildman–Crippen MR) is 46.8 cm³/mol. The first kappa shape index (κ1) is 8.59. The van der Waals surface area contributed by atoms with Gasteiger partial charge in [0, 0.05) is 12.3 Å². The number of rotatable bonds is 3. The van der Waals surface area contributed by atoms with Gasteiger partial charge in [0.05, 0.1) is 20.5 Å². The lowest BCUT2D eigenvalue weighted by molar-refractivity contribution is 0.341. The molecular weight excluding hydrogens is 154 g/mol. The highest BCUT2D eigenvalue weighted by atomic mass is 16.5. The van der Waals surface area contributed by atoms with Crippen LogP contribution in [0.15, 0.2) is 24.6 Å². The van der Waals surface area contributed by atoms with Gasteiger partial charge in [0.1, 0.15) is 0 Å². The second-order valence-corrected chi connectivity index (χ2v) is 2.17. The van der Waals surface area contributed by atoms with Gasteiger partial charge in [-0.2, -0.15) is 0 Å². The van der Waals surface area contributed by atoms with Crippen LogP contribution in [0, 0.1) is 0 Å². The largest absolute Gasteiger partial charge is 0.504 e. The highest BCUT2D eigenvalue weighted by Gasteiger charge is 1.90. The van der Waals surface area contributed by atoms with E-state index in [1.165, 1.54) is 0 Å². The third-order valence-electron chi connectivity index (χ3n) is 1.36. The molecule has 0 saturated carbocycles. The molecule has 0 aromatic carbocycles. The molecule has 1 heterocycles. The number of methoxy groups -OCH3 is 2. The summed E-state index contributed by atoms with van der Waals surface area (Å²) in [6.45, 7) is 0. The fourth-order valence-corrected chi connectivity index (χ4v) is 0.758. The van der Waals surface area contributed by atoms with E-state index in [2.05, 4.69) is 4.98 Å². The fourth-order valence-electron chi connectivity index (χ4n) is 0.758. The Bertz CT molecular complexity index is 254. The van der Waals surface area contributed by atoms with Crippen LogP contribution in [-0.4, -0.2) is 19.2 Å². The molecule has 0 saturated heterocycles. The summed E-state index contributed by atoms with van der Waals surface area (Å²) in [5.74, 6) is 0.615. The Kier molecular flexibility index (Phi) is 3.14. The molecule has 12 heavy (non-hydrogen) atoms. The lowest BCUT2D eigenvalue weighted by Gasteiger charge is -1.97. The Morgan fingerprint density at radius 1 is 1.33 bits per heavy atom. The van der Waals surface area contributed by atoms with Gasteiger partial charge in [0.2, 0.25) is 5.88 Å². The molecule has 0 bridgehead atoms. The van der Waals surface area contributed by atoms with Crippen molar-refractivity contribution in [1.82, 2.24) is 4.98 Å². The van der Waals surface area contributed by atoms with Crippen molar-refractivity contribution in [2.45, 2.75) is 0 Å². The van der Waals surface area contributed by atoms with E-state index in [1.807, 2.05) is 12.1 Å². The van der Waals surface area contributed by atoms with Crippen LogP contribution in [0.4, 0.5) is 0 Å². The summed E-state index contributed by atoms with van der Waals surface area (Å²) in [6.07, 6.45) is 5.14. The molecule has 0 radical (unpaired) electrons. The van der Waals surface area contributed by atoms with E-state index < -0.39 is 0 Å². The minimum absolute atomic E-state index is 0.615. The van der Waals surface area contributed by atoms with E-state index in [0.717, 1.165) is 5.56 Å². The third kappa shape index (κ3) is 2.27. The van der Waals surface area contributed by atoms with Crippen LogP contribution in [0.3, 0.4) is 0 Å². The van der Waals surface area contributed by atoms with Crippen molar-refractivity contribution >= 4 is 6.08 Å². The summed E-state index contributed by atoms with van der Waals surface area (Å²) in [7, 11) is 3.19. The Morgan fingerprint density at radius 2 is 2.17 bits per heavy atom. The zero-order valence-electron chi connectivity index (χ0n) is 7.15. The van der Waals surface area contributed by atoms with Crippen LogP contribution in [0.2, 0.25) is 0 Å². The number of aromatic nitrogens is 1. The molecule has 0 amide bonds. The van der Waals surface area contributed by atoms with Crippen molar-refractivity contribution in [3.63, 3.8) is 0 Å². The first-order valence-corrected chi connectivity index (χ1v) is 3.56. The summed E-state index contributed by atoms with van der Waals surface area (Å²) in [4.78, 5) is 4.02. The molecule has 0 atom stereocenters. The molecule has 0 spiro atoms. The number of ether oxygens (including phenoxy) is 2. The molecule has 0 unspecified atom stereocenters. The lowest BCUT2D eigenvalue weighted by Crippen LogP contribution is -1.86. The topological polar surface area (TPSA) is 31.4 Å². The molecule has 64 valence electrons. The van der Waals surface area contributed by atoms with E-state index in [1.54, 1.807) is 32.7 Å². The molecule has 0 N–H and O–H groups in total. The summed E-state index contributed by atoms with van der Waals surface area (Å²) in [6, 6.07) is 3.71. The van der Waals surface area contributed by atoms with Gasteiger partial charge in [0.25, 0.3) is 0 Å². The Balaban J connectivity index is 2.71. The number of nitrogens with zero attached hydrogens (tertiary/aromatic N) is 1. The minimum Gasteiger partial charge on any atom is -0.504 e. The average molecular weight is 165 g/mol. The lowest BCUT2D eigenvalue weighted by atomic mass is 10.3. The maximum Gasteiger partial charge on any atom is 0.212 e. The van der Waals surface area contributed by atoms with Crippen molar-refractivity contribution < 1.29 is 9.47 Å². The van der Waals surface area contributed by atoms with Crippen LogP contribution < -0.4 is 4.74 Å². The Hall–Kier alpha value is -1.51. The number of hydrogen-bond donors (Lipinski definition) is 0. The normalized spacial score (nSPS) is 10.2. The molecular formula is C9H11NO2. The molecule has 1 aromatic rings. The second kappa shape index (κ2) is 4.38. The molecule has 0 aliphatic rings. The first-order valence-electron chi connectivity index (χ1n) is 3.56. The van der Waals surface area contributed by atoms with Gasteiger partial charge < -0.3 is 9.47 Å². The van der Waals surface area contributed by atoms with E-state index >= 15 is 0 Å². The summed E-state index contributed by atoms with van der Waals surface area (Å²) in [5.41, 5.74) is 0.984. The second-order valence-electron chi connectivity index (χ2n) is 2.17. The van der Waals surface area contributed by atoms with Crippen molar-refractivity contribution in [1.29, 1.82) is 0 Å². The SMILES string of the molecule is CO/C=C\c1ccc(OC)nc1. The maximum absolute atomic E-state index is 4.91. The Labute approximate surface area is 71.6 Å². The average Bonchev–Trinajstić information content (AvgIpc) is 2.15. The molecule has 1 aromatic heterocycles. The van der Waals surface area contributed by atoms with Crippen LogP contribution >= 0.6 is 0 Å². The Morgan fingerprint density at radius 3 is 2.67 bits per heavy atom. The molecule has 3 heteroatoms. The van der Waals surface area contributed by atoms with Crippen molar-refractivity contribution in [2.24, 2.45) is 0 Å². The quantitative estimate of drug-likeness (QED) is 0.639. The smallest absolute Gasteiger partial charge is 0.212 e. The number of pyridine rings is 1. The van der Waals surface area contributed by atoms with Gasteiger partial charge in [0.15, 0.2) is 0 Å². The molecule has 3 nitrogen and oxygen atoms in total. The monoisotopic (exact) mass is 165 g/mol. The summed E-state index contributed by atoms with van der Waals surface area (Å²) in [5, 5.41) is 0. The van der Waals surface area contributed by atoms with Gasteiger partial charge in [-0.25, -0.2) is 4.98 Å².